The van der Waals surface area contributed by atoms with E-state index in [2.05, 4.69) is 0 Å². The summed E-state index contributed by atoms with van der Waals surface area (Å²) >= 11 is 0. The van der Waals surface area contributed by atoms with Gasteiger partial charge in [0.25, 0.3) is 0 Å². The number of aryl methyl sites for hydroxylation is 1. The summed E-state index contributed by atoms with van der Waals surface area (Å²) in [6.45, 7) is 1.53. The summed E-state index contributed by atoms with van der Waals surface area (Å²) in [5.74, 6) is 0.134. The van der Waals surface area contributed by atoms with Crippen LogP contribution in [0.15, 0.2) is 24.3 Å². The Morgan fingerprint density at radius 1 is 1.37 bits per heavy atom. The SMILES string of the molecule is O=C(O)CCCc1cccc(OC2CCOCC2)c1. The summed E-state index contributed by atoms with van der Waals surface area (Å²) in [4.78, 5) is 10.5. The Labute approximate surface area is 113 Å². The number of carboxylic acid groups (broad SMARTS) is 1. The van der Waals surface area contributed by atoms with Crippen molar-refractivity contribution >= 4 is 5.97 Å². The molecule has 0 saturated carbocycles. The van der Waals surface area contributed by atoms with Crippen LogP contribution in [-0.2, 0) is 16.0 Å². The number of benzene rings is 1. The first-order chi connectivity index (χ1) is 9.24. The molecule has 4 nitrogen and oxygen atoms in total. The van der Waals surface area contributed by atoms with Crippen molar-refractivity contribution in [2.45, 2.75) is 38.2 Å². The van der Waals surface area contributed by atoms with E-state index >= 15 is 0 Å². The van der Waals surface area contributed by atoms with Crippen LogP contribution in [0.3, 0.4) is 0 Å². The van der Waals surface area contributed by atoms with Crippen LogP contribution >= 0.6 is 0 Å². The van der Waals surface area contributed by atoms with Crippen molar-refractivity contribution in [1.29, 1.82) is 0 Å². The molecule has 2 rings (SSSR count). The van der Waals surface area contributed by atoms with E-state index in [9.17, 15) is 4.79 Å². The molecule has 1 N–H and O–H groups in total. The van der Waals surface area contributed by atoms with Gasteiger partial charge in [0.1, 0.15) is 11.9 Å². The number of hydrogen-bond donors (Lipinski definition) is 1. The summed E-state index contributed by atoms with van der Waals surface area (Å²) < 4.78 is 11.2. The molecule has 104 valence electrons. The lowest BCUT2D eigenvalue weighted by Crippen LogP contribution is -2.25. The molecule has 1 aromatic carbocycles. The zero-order valence-corrected chi connectivity index (χ0v) is 11.0. The topological polar surface area (TPSA) is 55.8 Å². The summed E-state index contributed by atoms with van der Waals surface area (Å²) in [5, 5.41) is 8.63. The fourth-order valence-electron chi connectivity index (χ4n) is 2.20. The quantitative estimate of drug-likeness (QED) is 0.858. The van der Waals surface area contributed by atoms with Crippen molar-refractivity contribution in [2.24, 2.45) is 0 Å². The highest BCUT2D eigenvalue weighted by Gasteiger charge is 2.15. The highest BCUT2D eigenvalue weighted by atomic mass is 16.5. The Morgan fingerprint density at radius 2 is 2.16 bits per heavy atom. The van der Waals surface area contributed by atoms with Gasteiger partial charge in [-0.05, 0) is 30.5 Å². The molecule has 0 atom stereocenters. The molecule has 1 aliphatic rings. The number of carboxylic acids is 1. The normalized spacial score (nSPS) is 16.2. The van der Waals surface area contributed by atoms with E-state index in [1.54, 1.807) is 0 Å². The lowest BCUT2D eigenvalue weighted by molar-refractivity contribution is -0.137. The molecule has 0 aromatic heterocycles. The van der Waals surface area contributed by atoms with Gasteiger partial charge < -0.3 is 14.6 Å². The molecule has 1 fully saturated rings. The zero-order chi connectivity index (χ0) is 13.5. The monoisotopic (exact) mass is 264 g/mol. The Kier molecular flexibility index (Phi) is 5.21. The molecule has 0 aliphatic carbocycles. The van der Waals surface area contributed by atoms with Crippen LogP contribution < -0.4 is 4.74 Å². The highest BCUT2D eigenvalue weighted by molar-refractivity contribution is 5.66. The first-order valence-corrected chi connectivity index (χ1v) is 6.79. The average molecular weight is 264 g/mol. The molecule has 1 heterocycles. The number of carbonyl (C=O) groups is 1. The maximum Gasteiger partial charge on any atom is 0.303 e. The van der Waals surface area contributed by atoms with Crippen LogP contribution in [0.5, 0.6) is 5.75 Å². The predicted octanol–water partition coefficient (Wildman–Crippen LogP) is 2.65. The van der Waals surface area contributed by atoms with Gasteiger partial charge >= 0.3 is 5.97 Å². The van der Waals surface area contributed by atoms with Crippen molar-refractivity contribution in [3.63, 3.8) is 0 Å². The third kappa shape index (κ3) is 4.91. The van der Waals surface area contributed by atoms with Crippen LogP contribution in [0.2, 0.25) is 0 Å². The van der Waals surface area contributed by atoms with E-state index in [-0.39, 0.29) is 12.5 Å². The molecule has 0 amide bonds. The standard InChI is InChI=1S/C15H20O4/c16-15(17)6-2-4-12-3-1-5-14(11-12)19-13-7-9-18-10-8-13/h1,3,5,11,13H,2,4,6-10H2,(H,16,17). The molecule has 1 aliphatic heterocycles. The van der Waals surface area contributed by atoms with Crippen molar-refractivity contribution in [2.75, 3.05) is 13.2 Å². The first kappa shape index (κ1) is 13.9. The van der Waals surface area contributed by atoms with Gasteiger partial charge in [-0.3, -0.25) is 4.79 Å². The molecule has 19 heavy (non-hydrogen) atoms. The van der Waals surface area contributed by atoms with Crippen molar-refractivity contribution in [1.82, 2.24) is 0 Å². The Hall–Kier alpha value is -1.55. The molecule has 1 saturated heterocycles. The summed E-state index contributed by atoms with van der Waals surface area (Å²) in [5.41, 5.74) is 1.13. The van der Waals surface area contributed by atoms with Crippen LogP contribution in [-0.4, -0.2) is 30.4 Å². The second-order valence-corrected chi connectivity index (χ2v) is 4.82. The Morgan fingerprint density at radius 3 is 2.89 bits per heavy atom. The van der Waals surface area contributed by atoms with Crippen LogP contribution in [0.4, 0.5) is 0 Å². The second kappa shape index (κ2) is 7.14. The van der Waals surface area contributed by atoms with Gasteiger partial charge in [0, 0.05) is 19.3 Å². The van der Waals surface area contributed by atoms with E-state index in [0.29, 0.717) is 6.42 Å². The molecule has 0 spiro atoms. The third-order valence-electron chi connectivity index (χ3n) is 3.23. The summed E-state index contributed by atoms with van der Waals surface area (Å²) in [6, 6.07) is 7.94. The molecular formula is C15H20O4. The van der Waals surface area contributed by atoms with Crippen molar-refractivity contribution < 1.29 is 19.4 Å². The lowest BCUT2D eigenvalue weighted by Gasteiger charge is -2.23. The first-order valence-electron chi connectivity index (χ1n) is 6.79. The summed E-state index contributed by atoms with van der Waals surface area (Å²) in [7, 11) is 0. The minimum atomic E-state index is -0.741. The molecule has 4 heteroatoms. The largest absolute Gasteiger partial charge is 0.490 e. The maximum absolute atomic E-state index is 10.5. The number of rotatable bonds is 6. The maximum atomic E-state index is 10.5. The smallest absolute Gasteiger partial charge is 0.303 e. The van der Waals surface area contributed by atoms with Crippen LogP contribution in [0.1, 0.15) is 31.2 Å². The van der Waals surface area contributed by atoms with Gasteiger partial charge in [-0.25, -0.2) is 0 Å². The third-order valence-corrected chi connectivity index (χ3v) is 3.23. The molecular weight excluding hydrogens is 244 g/mol. The fraction of sp³-hybridized carbons (Fsp3) is 0.533. The van der Waals surface area contributed by atoms with E-state index in [1.165, 1.54) is 0 Å². The Bertz CT molecular complexity index is 410. The molecule has 0 bridgehead atoms. The average Bonchev–Trinajstić information content (AvgIpc) is 2.40. The highest BCUT2D eigenvalue weighted by Crippen LogP contribution is 2.20. The van der Waals surface area contributed by atoms with Gasteiger partial charge in [0.2, 0.25) is 0 Å². The Balaban J connectivity index is 1.85. The van der Waals surface area contributed by atoms with E-state index in [4.69, 9.17) is 14.6 Å². The van der Waals surface area contributed by atoms with Gasteiger partial charge in [-0.2, -0.15) is 0 Å². The molecule has 0 radical (unpaired) electrons. The van der Waals surface area contributed by atoms with Crippen molar-refractivity contribution in [3.05, 3.63) is 29.8 Å². The second-order valence-electron chi connectivity index (χ2n) is 4.82. The molecule has 1 aromatic rings. The minimum absolute atomic E-state index is 0.213. The van der Waals surface area contributed by atoms with E-state index in [1.807, 2.05) is 24.3 Å². The van der Waals surface area contributed by atoms with Gasteiger partial charge in [-0.1, -0.05) is 12.1 Å². The van der Waals surface area contributed by atoms with Crippen LogP contribution in [0, 0.1) is 0 Å². The molecule has 0 unspecified atom stereocenters. The minimum Gasteiger partial charge on any atom is -0.490 e. The zero-order valence-electron chi connectivity index (χ0n) is 11.0. The van der Waals surface area contributed by atoms with Gasteiger partial charge in [0.15, 0.2) is 0 Å². The number of ether oxygens (including phenoxy) is 2. The summed E-state index contributed by atoms with van der Waals surface area (Å²) in [6.07, 6.45) is 3.76. The van der Waals surface area contributed by atoms with Gasteiger partial charge in [0.05, 0.1) is 13.2 Å². The van der Waals surface area contributed by atoms with Crippen molar-refractivity contribution in [3.8, 4) is 5.75 Å². The van der Waals surface area contributed by atoms with Crippen LogP contribution in [0.25, 0.3) is 0 Å². The number of aliphatic carboxylic acids is 1. The van der Waals surface area contributed by atoms with Gasteiger partial charge in [-0.15, -0.1) is 0 Å². The predicted molar refractivity (Wildman–Crippen MR) is 71.5 cm³/mol. The lowest BCUT2D eigenvalue weighted by atomic mass is 10.1. The van der Waals surface area contributed by atoms with E-state index in [0.717, 1.165) is 43.8 Å². The fourth-order valence-corrected chi connectivity index (χ4v) is 2.20. The van der Waals surface area contributed by atoms with E-state index < -0.39 is 5.97 Å². The number of hydrogen-bond acceptors (Lipinski definition) is 3.